The second-order valence-electron chi connectivity index (χ2n) is 8.09. The fourth-order valence-corrected chi connectivity index (χ4v) is 4.34. The third-order valence-electron chi connectivity index (χ3n) is 5.76. The lowest BCUT2D eigenvalue weighted by Gasteiger charge is -2.30. The summed E-state index contributed by atoms with van der Waals surface area (Å²) < 4.78 is 10.3. The molecule has 3 heterocycles. The van der Waals surface area contributed by atoms with Gasteiger partial charge in [-0.2, -0.15) is 0 Å². The number of nitrogens with zero attached hydrogens (tertiary/aromatic N) is 5. The molecule has 1 fully saturated rings. The number of para-hydroxylation sites is 1. The van der Waals surface area contributed by atoms with E-state index in [1.165, 1.54) is 5.56 Å². The number of methoxy groups -OCH3 is 1. The average Bonchev–Trinajstić information content (AvgIpc) is 3.10. The van der Waals surface area contributed by atoms with Crippen LogP contribution in [0.5, 0.6) is 0 Å². The Balaban J connectivity index is 1.77. The lowest BCUT2D eigenvalue weighted by atomic mass is 10.0. The van der Waals surface area contributed by atoms with Gasteiger partial charge in [0.1, 0.15) is 0 Å². The van der Waals surface area contributed by atoms with E-state index in [-0.39, 0.29) is 0 Å². The summed E-state index contributed by atoms with van der Waals surface area (Å²) >= 11 is 5.95. The van der Waals surface area contributed by atoms with Gasteiger partial charge in [0.2, 0.25) is 4.77 Å². The zero-order valence-electron chi connectivity index (χ0n) is 17.9. The van der Waals surface area contributed by atoms with Gasteiger partial charge in [-0.3, -0.25) is 14.5 Å². The van der Waals surface area contributed by atoms with Gasteiger partial charge in [0.25, 0.3) is 0 Å². The fraction of sp³-hybridized carbons (Fsp3) is 0.435. The van der Waals surface area contributed by atoms with Crippen LogP contribution in [0.2, 0.25) is 0 Å². The topological polar surface area (TPSA) is 48.1 Å². The molecule has 0 saturated carbocycles. The van der Waals surface area contributed by atoms with E-state index in [0.717, 1.165) is 43.0 Å². The maximum Gasteiger partial charge on any atom is 0.204 e. The Morgan fingerprint density at radius 1 is 1.13 bits per heavy atom. The first-order valence-electron chi connectivity index (χ1n) is 10.5. The summed E-state index contributed by atoms with van der Waals surface area (Å²) in [6.45, 7) is 7.06. The molecule has 0 amide bonds. The highest BCUT2D eigenvalue weighted by atomic mass is 32.1. The van der Waals surface area contributed by atoms with Crippen LogP contribution in [-0.4, -0.2) is 50.5 Å². The van der Waals surface area contributed by atoms with Gasteiger partial charge in [-0.25, -0.2) is 4.68 Å². The van der Waals surface area contributed by atoms with Crippen LogP contribution >= 0.6 is 12.2 Å². The number of ether oxygens (including phenoxy) is 1. The maximum atomic E-state index is 5.95. The largest absolute Gasteiger partial charge is 0.381 e. The van der Waals surface area contributed by atoms with Crippen molar-refractivity contribution in [3.8, 4) is 17.1 Å². The number of hydrogen-bond acceptors (Lipinski definition) is 5. The van der Waals surface area contributed by atoms with Gasteiger partial charge in [0.05, 0.1) is 18.5 Å². The Morgan fingerprint density at radius 3 is 2.57 bits per heavy atom. The van der Waals surface area contributed by atoms with Gasteiger partial charge in [-0.1, -0.05) is 32.0 Å². The molecule has 1 aromatic carbocycles. The van der Waals surface area contributed by atoms with Crippen LogP contribution in [0.25, 0.3) is 17.1 Å². The number of likely N-dealkylation sites (tertiary alicyclic amines) is 1. The van der Waals surface area contributed by atoms with Crippen molar-refractivity contribution in [3.05, 3.63) is 59.1 Å². The molecule has 0 radical (unpaired) electrons. The molecule has 7 heteroatoms. The second-order valence-corrected chi connectivity index (χ2v) is 8.46. The summed E-state index contributed by atoms with van der Waals surface area (Å²) in [6.07, 6.45) is 6.06. The first-order valence-corrected chi connectivity index (χ1v) is 10.9. The van der Waals surface area contributed by atoms with Crippen LogP contribution in [0.4, 0.5) is 0 Å². The van der Waals surface area contributed by atoms with E-state index in [4.69, 9.17) is 22.1 Å². The lowest BCUT2D eigenvalue weighted by molar-refractivity contribution is 0.0301. The standard InChI is InChI=1S/C23H29N5OS/c1-17(2)20-8-4-5-9-21(20)28-22(18-7-6-12-24-15-18)25-27(23(28)30)16-26-13-10-19(29-3)11-14-26/h4-9,12,15,17,19H,10-11,13-14,16H2,1-3H3. The van der Waals surface area contributed by atoms with Crippen LogP contribution in [-0.2, 0) is 11.4 Å². The molecular formula is C23H29N5OS. The van der Waals surface area contributed by atoms with Crippen molar-refractivity contribution < 1.29 is 4.74 Å². The van der Waals surface area contributed by atoms with E-state index >= 15 is 0 Å². The maximum absolute atomic E-state index is 5.95. The molecule has 2 aromatic heterocycles. The average molecular weight is 424 g/mol. The minimum Gasteiger partial charge on any atom is -0.381 e. The number of hydrogen-bond donors (Lipinski definition) is 0. The Bertz CT molecular complexity index is 1040. The molecule has 0 aliphatic carbocycles. The SMILES string of the molecule is COC1CCN(Cn2nc(-c3cccnc3)n(-c3ccccc3C(C)C)c2=S)CC1. The number of benzene rings is 1. The molecule has 0 N–H and O–H groups in total. The minimum atomic E-state index is 0.357. The van der Waals surface area contributed by atoms with Crippen LogP contribution in [0, 0.1) is 4.77 Å². The van der Waals surface area contributed by atoms with E-state index in [1.807, 2.05) is 23.0 Å². The Morgan fingerprint density at radius 2 is 1.90 bits per heavy atom. The molecule has 0 spiro atoms. The molecule has 3 aromatic rings. The molecule has 0 bridgehead atoms. The quantitative estimate of drug-likeness (QED) is 0.540. The van der Waals surface area contributed by atoms with Crippen LogP contribution in [0.3, 0.4) is 0 Å². The first kappa shape index (κ1) is 20.9. The Labute approximate surface area is 183 Å². The zero-order chi connectivity index (χ0) is 21.1. The van der Waals surface area contributed by atoms with Crippen molar-refractivity contribution in [3.63, 3.8) is 0 Å². The van der Waals surface area contributed by atoms with E-state index in [0.29, 0.717) is 23.5 Å². The van der Waals surface area contributed by atoms with Crippen molar-refractivity contribution in [1.29, 1.82) is 0 Å². The second kappa shape index (κ2) is 9.20. The normalized spacial score (nSPS) is 15.7. The molecule has 0 atom stereocenters. The van der Waals surface area contributed by atoms with Gasteiger partial charge in [-0.05, 0) is 54.7 Å². The molecule has 158 valence electrons. The highest BCUT2D eigenvalue weighted by Crippen LogP contribution is 2.28. The van der Waals surface area contributed by atoms with Crippen LogP contribution < -0.4 is 0 Å². The molecule has 4 rings (SSSR count). The summed E-state index contributed by atoms with van der Waals surface area (Å²) in [5, 5.41) is 4.95. The van der Waals surface area contributed by atoms with Crippen molar-refractivity contribution in [2.75, 3.05) is 20.2 Å². The van der Waals surface area contributed by atoms with Gasteiger partial charge >= 0.3 is 0 Å². The monoisotopic (exact) mass is 423 g/mol. The van der Waals surface area contributed by atoms with Crippen molar-refractivity contribution in [2.45, 2.75) is 45.4 Å². The summed E-state index contributed by atoms with van der Waals surface area (Å²) in [6, 6.07) is 12.4. The van der Waals surface area contributed by atoms with Gasteiger partial charge in [0, 0.05) is 38.2 Å². The summed E-state index contributed by atoms with van der Waals surface area (Å²) in [5.41, 5.74) is 3.29. The molecule has 0 unspecified atom stereocenters. The Kier molecular flexibility index (Phi) is 6.41. The number of piperidine rings is 1. The molecule has 1 saturated heterocycles. The minimum absolute atomic E-state index is 0.357. The molecular weight excluding hydrogens is 394 g/mol. The number of aromatic nitrogens is 4. The fourth-order valence-electron chi connectivity index (χ4n) is 4.05. The molecule has 1 aliphatic heterocycles. The van der Waals surface area contributed by atoms with E-state index in [1.54, 1.807) is 13.3 Å². The number of rotatable bonds is 6. The molecule has 30 heavy (non-hydrogen) atoms. The lowest BCUT2D eigenvalue weighted by Crippen LogP contribution is -2.38. The third kappa shape index (κ3) is 4.24. The van der Waals surface area contributed by atoms with Crippen molar-refractivity contribution in [2.24, 2.45) is 0 Å². The predicted molar refractivity (Wildman–Crippen MR) is 121 cm³/mol. The molecule has 6 nitrogen and oxygen atoms in total. The molecule has 1 aliphatic rings. The third-order valence-corrected chi connectivity index (χ3v) is 6.15. The van der Waals surface area contributed by atoms with Gasteiger partial charge in [-0.15, -0.1) is 5.10 Å². The van der Waals surface area contributed by atoms with Crippen LogP contribution in [0.15, 0.2) is 48.8 Å². The van der Waals surface area contributed by atoms with Gasteiger partial charge in [0.15, 0.2) is 5.82 Å². The van der Waals surface area contributed by atoms with Crippen molar-refractivity contribution in [1.82, 2.24) is 24.2 Å². The van der Waals surface area contributed by atoms with E-state index in [9.17, 15) is 0 Å². The Hall–Kier alpha value is -2.35. The highest BCUT2D eigenvalue weighted by molar-refractivity contribution is 7.71. The summed E-state index contributed by atoms with van der Waals surface area (Å²) in [4.78, 5) is 6.70. The van der Waals surface area contributed by atoms with Crippen molar-refractivity contribution >= 4 is 12.2 Å². The first-order chi connectivity index (χ1) is 14.6. The van der Waals surface area contributed by atoms with Crippen LogP contribution in [0.1, 0.15) is 38.2 Å². The van der Waals surface area contributed by atoms with E-state index in [2.05, 4.69) is 52.6 Å². The van der Waals surface area contributed by atoms with E-state index < -0.39 is 0 Å². The summed E-state index contributed by atoms with van der Waals surface area (Å²) in [7, 11) is 1.80. The predicted octanol–water partition coefficient (Wildman–Crippen LogP) is 4.66. The smallest absolute Gasteiger partial charge is 0.204 e. The zero-order valence-corrected chi connectivity index (χ0v) is 18.7. The van der Waals surface area contributed by atoms with Gasteiger partial charge < -0.3 is 4.74 Å². The number of pyridine rings is 1. The highest BCUT2D eigenvalue weighted by Gasteiger charge is 2.22. The summed E-state index contributed by atoms with van der Waals surface area (Å²) in [5.74, 6) is 1.20.